The molecule has 1 saturated carbocycles. The summed E-state index contributed by atoms with van der Waals surface area (Å²) in [6.07, 6.45) is 7.53. The highest BCUT2D eigenvalue weighted by atomic mass is 16.5. The van der Waals surface area contributed by atoms with E-state index < -0.39 is 6.04 Å². The van der Waals surface area contributed by atoms with Crippen LogP contribution in [0.5, 0.6) is 0 Å². The fourth-order valence-corrected chi connectivity index (χ4v) is 2.46. The summed E-state index contributed by atoms with van der Waals surface area (Å²) in [6.45, 7) is 4.20. The highest BCUT2D eigenvalue weighted by Crippen LogP contribution is 2.29. The molecule has 0 heterocycles. The molecule has 0 saturated heterocycles. The molecule has 0 aromatic carbocycles. The lowest BCUT2D eigenvalue weighted by molar-refractivity contribution is -0.155. The standard InChI is InChI=1S/C13H25NO2/c1-3-7-11(14)13(15)16-12-9-6-5-8-10(12)4-2/h10-12H,3-9,14H2,1-2H3. The van der Waals surface area contributed by atoms with Crippen LogP contribution in [0.4, 0.5) is 0 Å². The van der Waals surface area contributed by atoms with E-state index >= 15 is 0 Å². The Balaban J connectivity index is 2.41. The van der Waals surface area contributed by atoms with E-state index in [2.05, 4.69) is 6.92 Å². The second-order valence-corrected chi connectivity index (χ2v) is 4.82. The van der Waals surface area contributed by atoms with E-state index in [4.69, 9.17) is 10.5 Å². The summed E-state index contributed by atoms with van der Waals surface area (Å²) in [7, 11) is 0. The van der Waals surface area contributed by atoms with Gasteiger partial charge in [-0.2, -0.15) is 0 Å². The minimum absolute atomic E-state index is 0.120. The van der Waals surface area contributed by atoms with Gasteiger partial charge in [0.25, 0.3) is 0 Å². The molecule has 3 heteroatoms. The molecule has 1 fully saturated rings. The zero-order chi connectivity index (χ0) is 12.0. The maximum Gasteiger partial charge on any atom is 0.323 e. The Morgan fingerprint density at radius 3 is 2.69 bits per heavy atom. The van der Waals surface area contributed by atoms with E-state index in [1.54, 1.807) is 0 Å². The van der Waals surface area contributed by atoms with Gasteiger partial charge in [-0.05, 0) is 38.0 Å². The third-order valence-corrected chi connectivity index (χ3v) is 3.53. The van der Waals surface area contributed by atoms with Crippen LogP contribution in [0.2, 0.25) is 0 Å². The highest BCUT2D eigenvalue weighted by Gasteiger charge is 2.28. The van der Waals surface area contributed by atoms with Crippen molar-refractivity contribution in [2.24, 2.45) is 11.7 Å². The van der Waals surface area contributed by atoms with E-state index in [9.17, 15) is 4.79 Å². The summed E-state index contributed by atoms with van der Waals surface area (Å²) in [5, 5.41) is 0. The van der Waals surface area contributed by atoms with Crippen LogP contribution in [0.3, 0.4) is 0 Å². The van der Waals surface area contributed by atoms with Gasteiger partial charge in [-0.3, -0.25) is 4.79 Å². The number of ether oxygens (including phenoxy) is 1. The topological polar surface area (TPSA) is 52.3 Å². The molecule has 3 atom stereocenters. The Morgan fingerprint density at radius 2 is 2.06 bits per heavy atom. The average Bonchev–Trinajstić information content (AvgIpc) is 2.30. The van der Waals surface area contributed by atoms with Crippen LogP contribution in [0.1, 0.15) is 58.8 Å². The first-order valence-electron chi connectivity index (χ1n) is 6.65. The van der Waals surface area contributed by atoms with Crippen LogP contribution >= 0.6 is 0 Å². The van der Waals surface area contributed by atoms with Crippen molar-refractivity contribution in [2.45, 2.75) is 70.9 Å². The number of carbonyl (C=O) groups is 1. The van der Waals surface area contributed by atoms with Gasteiger partial charge in [0.05, 0.1) is 0 Å². The van der Waals surface area contributed by atoms with Crippen LogP contribution in [0, 0.1) is 5.92 Å². The van der Waals surface area contributed by atoms with E-state index in [1.165, 1.54) is 19.3 Å². The lowest BCUT2D eigenvalue weighted by Crippen LogP contribution is -2.38. The van der Waals surface area contributed by atoms with Crippen LogP contribution in [-0.4, -0.2) is 18.1 Å². The van der Waals surface area contributed by atoms with Crippen LogP contribution in [0.15, 0.2) is 0 Å². The van der Waals surface area contributed by atoms with Gasteiger partial charge in [-0.15, -0.1) is 0 Å². The zero-order valence-corrected chi connectivity index (χ0v) is 10.6. The lowest BCUT2D eigenvalue weighted by Gasteiger charge is -2.31. The van der Waals surface area contributed by atoms with Gasteiger partial charge in [0, 0.05) is 0 Å². The van der Waals surface area contributed by atoms with Gasteiger partial charge >= 0.3 is 5.97 Å². The fourth-order valence-electron chi connectivity index (χ4n) is 2.46. The fraction of sp³-hybridized carbons (Fsp3) is 0.923. The van der Waals surface area contributed by atoms with Crippen molar-refractivity contribution < 1.29 is 9.53 Å². The molecule has 0 aliphatic heterocycles. The molecule has 0 aromatic heterocycles. The SMILES string of the molecule is CCCC(N)C(=O)OC1CCCCC1CC. The van der Waals surface area contributed by atoms with Crippen molar-refractivity contribution in [3.05, 3.63) is 0 Å². The Bertz CT molecular complexity index is 218. The predicted molar refractivity (Wildman–Crippen MR) is 65.0 cm³/mol. The average molecular weight is 227 g/mol. The Morgan fingerprint density at radius 1 is 1.38 bits per heavy atom. The number of carbonyl (C=O) groups excluding carboxylic acids is 1. The molecule has 0 radical (unpaired) electrons. The van der Waals surface area contributed by atoms with Gasteiger partial charge in [0.2, 0.25) is 0 Å². The second kappa shape index (κ2) is 6.89. The van der Waals surface area contributed by atoms with Gasteiger partial charge in [-0.1, -0.05) is 26.7 Å². The van der Waals surface area contributed by atoms with Crippen molar-refractivity contribution in [2.75, 3.05) is 0 Å². The first-order valence-corrected chi connectivity index (χ1v) is 6.65. The number of rotatable bonds is 5. The molecule has 1 aliphatic rings. The molecule has 16 heavy (non-hydrogen) atoms. The van der Waals surface area contributed by atoms with Crippen molar-refractivity contribution in [3.63, 3.8) is 0 Å². The molecule has 0 bridgehead atoms. The third-order valence-electron chi connectivity index (χ3n) is 3.53. The normalized spacial score (nSPS) is 27.4. The van der Waals surface area contributed by atoms with Crippen LogP contribution < -0.4 is 5.73 Å². The van der Waals surface area contributed by atoms with Crippen molar-refractivity contribution in [3.8, 4) is 0 Å². The molecular weight excluding hydrogens is 202 g/mol. The predicted octanol–water partition coefficient (Wildman–Crippen LogP) is 2.63. The third kappa shape index (κ3) is 3.78. The number of hydrogen-bond donors (Lipinski definition) is 1. The first-order chi connectivity index (χ1) is 7.69. The Labute approximate surface area is 98.7 Å². The number of esters is 1. The van der Waals surface area contributed by atoms with E-state index in [1.807, 2.05) is 6.92 Å². The van der Waals surface area contributed by atoms with Gasteiger partial charge in [0.15, 0.2) is 0 Å². The first kappa shape index (κ1) is 13.5. The summed E-state index contributed by atoms with van der Waals surface area (Å²) in [5.41, 5.74) is 5.76. The minimum atomic E-state index is -0.426. The maximum atomic E-state index is 11.7. The van der Waals surface area contributed by atoms with Gasteiger partial charge < -0.3 is 10.5 Å². The molecule has 3 nitrogen and oxygen atoms in total. The molecule has 0 spiro atoms. The van der Waals surface area contributed by atoms with E-state index in [0.717, 1.165) is 25.7 Å². The van der Waals surface area contributed by atoms with E-state index in [-0.39, 0.29) is 12.1 Å². The molecule has 94 valence electrons. The number of nitrogens with two attached hydrogens (primary N) is 1. The summed E-state index contributed by atoms with van der Waals surface area (Å²) < 4.78 is 5.55. The van der Waals surface area contributed by atoms with Crippen LogP contribution in [-0.2, 0) is 9.53 Å². The van der Waals surface area contributed by atoms with Crippen LogP contribution in [0.25, 0.3) is 0 Å². The second-order valence-electron chi connectivity index (χ2n) is 4.82. The largest absolute Gasteiger partial charge is 0.461 e. The summed E-state index contributed by atoms with van der Waals surface area (Å²) >= 11 is 0. The van der Waals surface area contributed by atoms with Crippen molar-refractivity contribution in [1.29, 1.82) is 0 Å². The van der Waals surface area contributed by atoms with E-state index in [0.29, 0.717) is 5.92 Å². The molecule has 1 aliphatic carbocycles. The van der Waals surface area contributed by atoms with Crippen molar-refractivity contribution in [1.82, 2.24) is 0 Å². The molecule has 0 aromatic rings. The summed E-state index contributed by atoms with van der Waals surface area (Å²) in [4.78, 5) is 11.7. The molecule has 2 N–H and O–H groups in total. The molecule has 1 rings (SSSR count). The lowest BCUT2D eigenvalue weighted by atomic mass is 9.85. The summed E-state index contributed by atoms with van der Waals surface area (Å²) in [5.74, 6) is 0.346. The van der Waals surface area contributed by atoms with Gasteiger partial charge in [0.1, 0.15) is 12.1 Å². The highest BCUT2D eigenvalue weighted by molar-refractivity contribution is 5.75. The Kier molecular flexibility index (Phi) is 5.81. The van der Waals surface area contributed by atoms with Crippen molar-refractivity contribution >= 4 is 5.97 Å². The molecule has 3 unspecified atom stereocenters. The Hall–Kier alpha value is -0.570. The number of hydrogen-bond acceptors (Lipinski definition) is 3. The quantitative estimate of drug-likeness (QED) is 0.735. The molecular formula is C13H25NO2. The smallest absolute Gasteiger partial charge is 0.323 e. The maximum absolute atomic E-state index is 11.7. The van der Waals surface area contributed by atoms with Gasteiger partial charge in [-0.25, -0.2) is 0 Å². The summed E-state index contributed by atoms with van der Waals surface area (Å²) in [6, 6.07) is -0.426. The monoisotopic (exact) mass is 227 g/mol. The molecule has 0 amide bonds. The zero-order valence-electron chi connectivity index (χ0n) is 10.6. The minimum Gasteiger partial charge on any atom is -0.461 e.